The van der Waals surface area contributed by atoms with Crippen molar-refractivity contribution in [2.75, 3.05) is 0 Å². The number of esters is 3. The highest BCUT2D eigenvalue weighted by atomic mass is 16.6. The van der Waals surface area contributed by atoms with Gasteiger partial charge in [-0.1, -0.05) is 62.9 Å². The van der Waals surface area contributed by atoms with Crippen LogP contribution in [0, 0.1) is 0 Å². The van der Waals surface area contributed by atoms with E-state index in [-0.39, 0.29) is 22.3 Å². The van der Waals surface area contributed by atoms with Crippen LogP contribution in [-0.4, -0.2) is 17.9 Å². The summed E-state index contributed by atoms with van der Waals surface area (Å²) < 4.78 is 21.8. The van der Waals surface area contributed by atoms with Gasteiger partial charge in [0.1, 0.15) is 39.9 Å². The third-order valence-corrected chi connectivity index (χ3v) is 6.99. The maximum atomic E-state index is 12.2. The molecule has 0 unspecified atom stereocenters. The Morgan fingerprint density at radius 1 is 0.590 bits per heavy atom. The van der Waals surface area contributed by atoms with Crippen molar-refractivity contribution in [1.82, 2.24) is 0 Å². The number of benzene rings is 4. The number of carbonyl (C=O) groups is 3. The van der Waals surface area contributed by atoms with E-state index in [1.165, 1.54) is 6.07 Å². The minimum Gasteiger partial charge on any atom is -0.456 e. The predicted molar refractivity (Wildman–Crippen MR) is 142 cm³/mol. The van der Waals surface area contributed by atoms with Crippen LogP contribution in [0.3, 0.4) is 0 Å². The summed E-state index contributed by atoms with van der Waals surface area (Å²) in [5, 5.41) is 0. The fourth-order valence-electron chi connectivity index (χ4n) is 4.76. The quantitative estimate of drug-likeness (QED) is 0.200. The van der Waals surface area contributed by atoms with Gasteiger partial charge in [0, 0.05) is 11.0 Å². The van der Waals surface area contributed by atoms with E-state index in [9.17, 15) is 14.4 Å². The Balaban J connectivity index is 1.20. The van der Waals surface area contributed by atoms with Crippen molar-refractivity contribution in [3.05, 3.63) is 125 Å². The van der Waals surface area contributed by atoms with Crippen LogP contribution in [0.4, 0.5) is 0 Å². The summed E-state index contributed by atoms with van der Waals surface area (Å²) in [4.78, 5) is 36.1. The largest absolute Gasteiger partial charge is 0.456 e. The first-order chi connectivity index (χ1) is 18.7. The number of carbonyl (C=O) groups excluding carboxylic acids is 3. The molecule has 2 aliphatic heterocycles. The molecular formula is C32H22O7. The Labute approximate surface area is 224 Å². The zero-order valence-electron chi connectivity index (χ0n) is 21.1. The average Bonchev–Trinajstić information content (AvgIpc) is 3.39. The number of hydrogen-bond donors (Lipinski definition) is 0. The monoisotopic (exact) mass is 518 g/mol. The second kappa shape index (κ2) is 8.99. The molecule has 0 spiro atoms. The van der Waals surface area contributed by atoms with Gasteiger partial charge in [-0.3, -0.25) is 0 Å². The van der Waals surface area contributed by atoms with Crippen molar-refractivity contribution < 1.29 is 33.3 Å². The molecule has 192 valence electrons. The van der Waals surface area contributed by atoms with E-state index < -0.39 is 17.9 Å². The first-order valence-corrected chi connectivity index (χ1v) is 12.2. The molecule has 0 radical (unpaired) electrons. The molecule has 6 rings (SSSR count). The number of rotatable bonds is 6. The van der Waals surface area contributed by atoms with E-state index in [1.54, 1.807) is 30.3 Å². The Morgan fingerprint density at radius 2 is 1.05 bits per heavy atom. The van der Waals surface area contributed by atoms with E-state index in [2.05, 4.69) is 20.4 Å². The van der Waals surface area contributed by atoms with Gasteiger partial charge in [0.2, 0.25) is 0 Å². The predicted octanol–water partition coefficient (Wildman–Crippen LogP) is 7.05. The summed E-state index contributed by atoms with van der Waals surface area (Å²) in [7, 11) is 0. The SMILES string of the molecule is C=C1OC(=O)c2c(Oc3ccc(C(C)(C)c4ccc(Oc5cccc6c5C(=O)OC6=O)cc4)cc3)cccc21. The van der Waals surface area contributed by atoms with Crippen molar-refractivity contribution in [2.45, 2.75) is 19.3 Å². The van der Waals surface area contributed by atoms with Crippen molar-refractivity contribution >= 4 is 23.7 Å². The van der Waals surface area contributed by atoms with Crippen molar-refractivity contribution in [2.24, 2.45) is 0 Å². The maximum absolute atomic E-state index is 12.2. The summed E-state index contributed by atoms with van der Waals surface area (Å²) >= 11 is 0. The first kappa shape index (κ1) is 24.2. The highest BCUT2D eigenvalue weighted by Gasteiger charge is 2.33. The third-order valence-electron chi connectivity index (χ3n) is 6.99. The van der Waals surface area contributed by atoms with E-state index in [1.807, 2.05) is 48.5 Å². The molecule has 0 bridgehead atoms. The standard InChI is InChI=1S/C32H22O7/c1-18-23-6-4-8-25(27(23)30(34)36-18)37-21-14-10-19(11-15-21)32(2,3)20-12-16-22(17-13-20)38-26-9-5-7-24-28(26)31(35)39-29(24)33/h4-17H,1H2,2-3H3. The van der Waals surface area contributed by atoms with Crippen LogP contribution in [0.15, 0.2) is 91.5 Å². The first-order valence-electron chi connectivity index (χ1n) is 12.2. The molecule has 2 heterocycles. The molecule has 7 nitrogen and oxygen atoms in total. The number of fused-ring (bicyclic) bond motifs is 2. The maximum Gasteiger partial charge on any atom is 0.350 e. The fraction of sp³-hybridized carbons (Fsp3) is 0.0938. The topological polar surface area (TPSA) is 88.1 Å². The van der Waals surface area contributed by atoms with Gasteiger partial charge >= 0.3 is 17.9 Å². The van der Waals surface area contributed by atoms with Gasteiger partial charge in [0.25, 0.3) is 0 Å². The highest BCUT2D eigenvalue weighted by molar-refractivity contribution is 6.16. The Hall–Kier alpha value is -5.17. The molecule has 2 aliphatic rings. The van der Waals surface area contributed by atoms with Crippen LogP contribution < -0.4 is 9.47 Å². The molecule has 0 N–H and O–H groups in total. The molecule has 0 atom stereocenters. The lowest BCUT2D eigenvalue weighted by molar-refractivity contribution is 0.0442. The molecule has 7 heteroatoms. The van der Waals surface area contributed by atoms with Crippen molar-refractivity contribution in [1.29, 1.82) is 0 Å². The molecule has 0 amide bonds. The summed E-state index contributed by atoms with van der Waals surface area (Å²) in [5.74, 6) is 0.265. The van der Waals surface area contributed by atoms with Crippen LogP contribution in [0.25, 0.3) is 5.76 Å². The molecule has 4 aromatic carbocycles. The van der Waals surface area contributed by atoms with E-state index in [0.717, 1.165) is 11.1 Å². The molecule has 0 aliphatic carbocycles. The average molecular weight is 519 g/mol. The van der Waals surface area contributed by atoms with Gasteiger partial charge in [0.05, 0.1) is 5.56 Å². The van der Waals surface area contributed by atoms with Gasteiger partial charge in [-0.2, -0.15) is 0 Å². The Kier molecular flexibility index (Phi) is 5.57. The van der Waals surface area contributed by atoms with Gasteiger partial charge in [-0.25, -0.2) is 14.4 Å². The number of cyclic esters (lactones) is 3. The normalized spacial score (nSPS) is 14.0. The second-order valence-electron chi connectivity index (χ2n) is 9.72. The van der Waals surface area contributed by atoms with Crippen molar-refractivity contribution in [3.8, 4) is 23.0 Å². The smallest absolute Gasteiger partial charge is 0.350 e. The highest BCUT2D eigenvalue weighted by Crippen LogP contribution is 2.39. The second-order valence-corrected chi connectivity index (χ2v) is 9.72. The third kappa shape index (κ3) is 4.14. The summed E-state index contributed by atoms with van der Waals surface area (Å²) in [6.45, 7) is 7.98. The molecule has 0 aromatic heterocycles. The lowest BCUT2D eigenvalue weighted by Crippen LogP contribution is -2.18. The van der Waals surface area contributed by atoms with Crippen LogP contribution in [0.5, 0.6) is 23.0 Å². The zero-order chi connectivity index (χ0) is 27.3. The summed E-state index contributed by atoms with van der Waals surface area (Å²) in [6, 6.07) is 25.3. The van der Waals surface area contributed by atoms with Gasteiger partial charge in [-0.15, -0.1) is 0 Å². The van der Waals surface area contributed by atoms with E-state index in [0.29, 0.717) is 34.1 Å². The molecule has 39 heavy (non-hydrogen) atoms. The van der Waals surface area contributed by atoms with Crippen LogP contribution in [0.2, 0.25) is 0 Å². The van der Waals surface area contributed by atoms with Crippen molar-refractivity contribution in [3.63, 3.8) is 0 Å². The van der Waals surface area contributed by atoms with Crippen LogP contribution in [0.1, 0.15) is 61.6 Å². The van der Waals surface area contributed by atoms with Gasteiger partial charge in [0.15, 0.2) is 0 Å². The minimum atomic E-state index is -0.710. The van der Waals surface area contributed by atoms with Gasteiger partial charge < -0.3 is 18.9 Å². The van der Waals surface area contributed by atoms with Crippen LogP contribution >= 0.6 is 0 Å². The summed E-state index contributed by atoms with van der Waals surface area (Å²) in [6.07, 6.45) is 0. The minimum absolute atomic E-state index is 0.136. The molecule has 0 saturated heterocycles. The molecule has 0 fully saturated rings. The molecular weight excluding hydrogens is 496 g/mol. The van der Waals surface area contributed by atoms with Gasteiger partial charge in [-0.05, 0) is 53.6 Å². The molecule has 0 saturated carbocycles. The number of hydrogen-bond acceptors (Lipinski definition) is 7. The Morgan fingerprint density at radius 3 is 1.59 bits per heavy atom. The lowest BCUT2D eigenvalue weighted by Gasteiger charge is -2.26. The summed E-state index contributed by atoms with van der Waals surface area (Å²) in [5.41, 5.74) is 3.08. The Bertz CT molecular complexity index is 1550. The van der Waals surface area contributed by atoms with E-state index in [4.69, 9.17) is 18.9 Å². The molecule has 4 aromatic rings. The fourth-order valence-corrected chi connectivity index (χ4v) is 4.76. The number of ether oxygens (including phenoxy) is 4. The van der Waals surface area contributed by atoms with E-state index >= 15 is 0 Å². The van der Waals surface area contributed by atoms with Crippen LogP contribution in [-0.2, 0) is 14.9 Å². The lowest BCUT2D eigenvalue weighted by atomic mass is 9.78. The zero-order valence-corrected chi connectivity index (χ0v) is 21.1.